The fourth-order valence-electron chi connectivity index (χ4n) is 1.66. The molecule has 1 aromatic carbocycles. The molecule has 0 saturated heterocycles. The highest BCUT2D eigenvalue weighted by atomic mass is 16.6. The molecule has 0 bridgehead atoms. The van der Waals surface area contributed by atoms with Crippen molar-refractivity contribution < 1.29 is 10.0 Å². The Morgan fingerprint density at radius 2 is 1.86 bits per heavy atom. The smallest absolute Gasteiger partial charge is 0.277 e. The molecule has 4 nitrogen and oxygen atoms in total. The van der Waals surface area contributed by atoms with Gasteiger partial charge in [-0.2, -0.15) is 0 Å². The number of phenolic OH excluding ortho intramolecular Hbond substituents is 1. The van der Waals surface area contributed by atoms with Gasteiger partial charge in [0.25, 0.3) is 5.69 Å². The lowest BCUT2D eigenvalue weighted by molar-refractivity contribution is -0.386. The van der Waals surface area contributed by atoms with Crippen molar-refractivity contribution in [1.82, 2.24) is 0 Å². The van der Waals surface area contributed by atoms with E-state index in [1.165, 1.54) is 12.1 Å². The number of hydrogen-bond acceptors (Lipinski definition) is 3. The molecule has 14 heavy (non-hydrogen) atoms. The monoisotopic (exact) mass is 191 g/mol. The first-order chi connectivity index (χ1) is 6.70. The minimum absolute atomic E-state index is 0.0637. The summed E-state index contributed by atoms with van der Waals surface area (Å²) >= 11 is 0. The molecule has 0 aromatic heterocycles. The van der Waals surface area contributed by atoms with Gasteiger partial charge in [-0.1, -0.05) is 12.2 Å². The van der Waals surface area contributed by atoms with Gasteiger partial charge >= 0.3 is 0 Å². The van der Waals surface area contributed by atoms with E-state index < -0.39 is 4.92 Å². The number of non-ortho nitro benzene ring substituents is 1. The zero-order valence-corrected chi connectivity index (χ0v) is 7.43. The SMILES string of the molecule is O=[N+]([O-])c1ccc(O)c2c1=CCCC=2. The van der Waals surface area contributed by atoms with Crippen LogP contribution in [0.3, 0.4) is 0 Å². The van der Waals surface area contributed by atoms with Gasteiger partial charge in [0, 0.05) is 11.3 Å². The lowest BCUT2D eigenvalue weighted by atomic mass is 10.1. The van der Waals surface area contributed by atoms with Crippen molar-refractivity contribution in [1.29, 1.82) is 0 Å². The van der Waals surface area contributed by atoms with Crippen LogP contribution in [0.25, 0.3) is 12.2 Å². The lowest BCUT2D eigenvalue weighted by Crippen LogP contribution is -2.29. The molecular formula is C10H9NO3. The Kier molecular flexibility index (Phi) is 1.96. The number of nitrogens with zero attached hydrogens (tertiary/aromatic N) is 1. The maximum Gasteiger partial charge on any atom is 0.277 e. The second-order valence-electron chi connectivity index (χ2n) is 3.17. The van der Waals surface area contributed by atoms with Crippen LogP contribution < -0.4 is 10.4 Å². The first-order valence-corrected chi connectivity index (χ1v) is 4.37. The Hall–Kier alpha value is -1.84. The van der Waals surface area contributed by atoms with Crippen molar-refractivity contribution >= 4 is 17.8 Å². The average molecular weight is 191 g/mol. The molecule has 0 amide bonds. The molecular weight excluding hydrogens is 182 g/mol. The number of aromatic hydroxyl groups is 1. The summed E-state index contributed by atoms with van der Waals surface area (Å²) in [5.41, 5.74) is 0.0637. The molecule has 0 spiro atoms. The maximum atomic E-state index is 10.7. The van der Waals surface area contributed by atoms with Crippen LogP contribution in [0.15, 0.2) is 12.1 Å². The molecule has 0 radical (unpaired) electrons. The molecule has 72 valence electrons. The van der Waals surface area contributed by atoms with Crippen LogP contribution in [0.1, 0.15) is 12.8 Å². The molecule has 1 aliphatic rings. The van der Waals surface area contributed by atoms with E-state index in [0.717, 1.165) is 12.8 Å². The van der Waals surface area contributed by atoms with Gasteiger partial charge in [0.05, 0.1) is 10.1 Å². The van der Waals surface area contributed by atoms with Gasteiger partial charge in [0.15, 0.2) is 0 Å². The highest BCUT2D eigenvalue weighted by Crippen LogP contribution is 2.09. The van der Waals surface area contributed by atoms with Crippen LogP contribution in [0, 0.1) is 10.1 Å². The van der Waals surface area contributed by atoms with Crippen molar-refractivity contribution in [3.63, 3.8) is 0 Å². The van der Waals surface area contributed by atoms with Crippen LogP contribution in [-0.4, -0.2) is 10.0 Å². The molecule has 2 rings (SSSR count). The molecule has 1 N–H and O–H groups in total. The summed E-state index contributed by atoms with van der Waals surface area (Å²) in [5.74, 6) is 0.113. The Bertz CT molecular complexity index is 505. The third kappa shape index (κ3) is 1.25. The van der Waals surface area contributed by atoms with E-state index in [9.17, 15) is 15.2 Å². The van der Waals surface area contributed by atoms with Gasteiger partial charge in [0.1, 0.15) is 5.75 Å². The molecule has 0 atom stereocenters. The highest BCUT2D eigenvalue weighted by Gasteiger charge is 2.12. The predicted molar refractivity (Wildman–Crippen MR) is 52.2 cm³/mol. The fourth-order valence-corrected chi connectivity index (χ4v) is 1.66. The predicted octanol–water partition coefficient (Wildman–Crippen LogP) is 0.655. The van der Waals surface area contributed by atoms with Gasteiger partial charge in [-0.15, -0.1) is 0 Å². The number of nitro groups is 1. The van der Waals surface area contributed by atoms with E-state index in [1.807, 2.05) is 6.08 Å². The maximum absolute atomic E-state index is 10.7. The minimum Gasteiger partial charge on any atom is -0.507 e. The Morgan fingerprint density at radius 3 is 2.50 bits per heavy atom. The van der Waals surface area contributed by atoms with Crippen molar-refractivity contribution in [2.24, 2.45) is 0 Å². The third-order valence-corrected chi connectivity index (χ3v) is 2.30. The summed E-state index contributed by atoms with van der Waals surface area (Å²) in [6.07, 6.45) is 5.24. The summed E-state index contributed by atoms with van der Waals surface area (Å²) < 4.78 is 0. The number of nitro benzene ring substituents is 1. The third-order valence-electron chi connectivity index (χ3n) is 2.30. The highest BCUT2D eigenvalue weighted by molar-refractivity contribution is 5.51. The van der Waals surface area contributed by atoms with E-state index in [4.69, 9.17) is 0 Å². The molecule has 1 aliphatic carbocycles. The summed E-state index contributed by atoms with van der Waals surface area (Å²) in [5, 5.41) is 21.3. The molecule has 0 fully saturated rings. The van der Waals surface area contributed by atoms with E-state index >= 15 is 0 Å². The van der Waals surface area contributed by atoms with E-state index in [0.29, 0.717) is 10.4 Å². The van der Waals surface area contributed by atoms with Crippen molar-refractivity contribution in [2.75, 3.05) is 0 Å². The molecule has 0 aliphatic heterocycles. The van der Waals surface area contributed by atoms with E-state index in [2.05, 4.69) is 0 Å². The van der Waals surface area contributed by atoms with E-state index in [-0.39, 0.29) is 11.4 Å². The zero-order valence-electron chi connectivity index (χ0n) is 7.43. The quantitative estimate of drug-likeness (QED) is 0.523. The Balaban J connectivity index is 2.87. The van der Waals surface area contributed by atoms with Gasteiger partial charge in [-0.05, 0) is 18.9 Å². The molecule has 0 saturated carbocycles. The van der Waals surface area contributed by atoms with E-state index in [1.54, 1.807) is 6.08 Å². The topological polar surface area (TPSA) is 63.4 Å². The van der Waals surface area contributed by atoms with Crippen molar-refractivity contribution in [3.8, 4) is 5.75 Å². The Labute approximate surface area is 80.0 Å². The Morgan fingerprint density at radius 1 is 1.21 bits per heavy atom. The second-order valence-corrected chi connectivity index (χ2v) is 3.17. The zero-order chi connectivity index (χ0) is 10.1. The summed E-state index contributed by atoms with van der Waals surface area (Å²) in [6.45, 7) is 0. The molecule has 0 unspecified atom stereocenters. The second kappa shape index (κ2) is 3.14. The number of hydrogen-bond donors (Lipinski definition) is 1. The van der Waals surface area contributed by atoms with Gasteiger partial charge in [-0.25, -0.2) is 0 Å². The number of phenols is 1. The van der Waals surface area contributed by atoms with Crippen LogP contribution in [-0.2, 0) is 0 Å². The molecule has 1 aromatic rings. The largest absolute Gasteiger partial charge is 0.507 e. The standard InChI is InChI=1S/C10H9NO3/c12-10-6-5-9(11(13)14)7-3-1-2-4-8(7)10/h3-6,12H,1-2H2. The number of rotatable bonds is 1. The summed E-state index contributed by atoms with van der Waals surface area (Å²) in [6, 6.07) is 2.70. The van der Waals surface area contributed by atoms with Crippen LogP contribution >= 0.6 is 0 Å². The van der Waals surface area contributed by atoms with Crippen LogP contribution in [0.2, 0.25) is 0 Å². The van der Waals surface area contributed by atoms with Crippen molar-refractivity contribution in [2.45, 2.75) is 12.8 Å². The minimum atomic E-state index is -0.423. The van der Waals surface area contributed by atoms with Gasteiger partial charge in [-0.3, -0.25) is 10.1 Å². The van der Waals surface area contributed by atoms with Crippen LogP contribution in [0.5, 0.6) is 5.75 Å². The van der Waals surface area contributed by atoms with Crippen molar-refractivity contribution in [3.05, 3.63) is 32.7 Å². The summed E-state index contributed by atoms with van der Waals surface area (Å²) in [4.78, 5) is 10.3. The normalized spacial score (nSPS) is 13.7. The first kappa shape index (κ1) is 8.74. The molecule has 4 heteroatoms. The van der Waals surface area contributed by atoms with Crippen LogP contribution in [0.4, 0.5) is 5.69 Å². The average Bonchev–Trinajstić information content (AvgIpc) is 2.18. The lowest BCUT2D eigenvalue weighted by Gasteiger charge is -2.02. The number of benzene rings is 1. The fraction of sp³-hybridized carbons (Fsp3) is 0.200. The first-order valence-electron chi connectivity index (χ1n) is 4.37. The summed E-state index contributed by atoms with van der Waals surface area (Å²) in [7, 11) is 0. The molecule has 0 heterocycles. The van der Waals surface area contributed by atoms with Gasteiger partial charge < -0.3 is 5.11 Å². The van der Waals surface area contributed by atoms with Gasteiger partial charge in [0.2, 0.25) is 0 Å². The number of fused-ring (bicyclic) bond motifs is 1.